The molecule has 1 aliphatic rings. The Morgan fingerprint density at radius 3 is 2.71 bits per heavy atom. The number of aldehydes is 1. The van der Waals surface area contributed by atoms with Gasteiger partial charge in [-0.25, -0.2) is 0 Å². The third-order valence-electron chi connectivity index (χ3n) is 4.36. The zero-order chi connectivity index (χ0) is 17.5. The minimum atomic E-state index is -0.167. The fourth-order valence-corrected chi connectivity index (χ4v) is 2.57. The first-order valence-electron chi connectivity index (χ1n) is 8.45. The van der Waals surface area contributed by atoms with Crippen molar-refractivity contribution < 1.29 is 14.3 Å². The van der Waals surface area contributed by atoms with Gasteiger partial charge in [0.25, 0.3) is 5.91 Å². The van der Waals surface area contributed by atoms with Crippen molar-refractivity contribution in [3.63, 3.8) is 0 Å². The first kappa shape index (κ1) is 18.4. The molecule has 0 aromatic heterocycles. The van der Waals surface area contributed by atoms with E-state index in [4.69, 9.17) is 4.74 Å². The number of piperazine rings is 1. The maximum atomic E-state index is 12.5. The first-order chi connectivity index (χ1) is 11.5. The van der Waals surface area contributed by atoms with Crippen molar-refractivity contribution in [2.24, 2.45) is 0 Å². The van der Waals surface area contributed by atoms with Gasteiger partial charge in [-0.05, 0) is 32.0 Å². The van der Waals surface area contributed by atoms with E-state index in [2.05, 4.69) is 10.2 Å². The molecular formula is C18H27N3O3. The number of hydrogen-bond donors (Lipinski definition) is 1. The summed E-state index contributed by atoms with van der Waals surface area (Å²) in [6.07, 6.45) is 0.714. The van der Waals surface area contributed by atoms with E-state index >= 15 is 0 Å². The summed E-state index contributed by atoms with van der Waals surface area (Å²) in [5.41, 5.74) is 0.780. The molecule has 0 bridgehead atoms. The van der Waals surface area contributed by atoms with Gasteiger partial charge in [0.15, 0.2) is 6.29 Å². The number of benzene rings is 1. The van der Waals surface area contributed by atoms with Crippen LogP contribution in [0.4, 0.5) is 0 Å². The van der Waals surface area contributed by atoms with Crippen LogP contribution >= 0.6 is 0 Å². The Hall–Kier alpha value is -1.92. The highest BCUT2D eigenvalue weighted by atomic mass is 16.5. The van der Waals surface area contributed by atoms with Crippen LogP contribution in [0.25, 0.3) is 0 Å². The Balaban J connectivity index is 2.01. The molecule has 1 fully saturated rings. The molecule has 1 aromatic rings. The van der Waals surface area contributed by atoms with E-state index in [1.165, 1.54) is 0 Å². The summed E-state index contributed by atoms with van der Waals surface area (Å²) >= 11 is 0. The van der Waals surface area contributed by atoms with Crippen LogP contribution in [0.2, 0.25) is 0 Å². The molecule has 1 saturated heterocycles. The van der Waals surface area contributed by atoms with Crippen LogP contribution in [0, 0.1) is 0 Å². The molecule has 1 N–H and O–H groups in total. The molecule has 132 valence electrons. The molecule has 0 atom stereocenters. The van der Waals surface area contributed by atoms with Crippen molar-refractivity contribution >= 4 is 12.2 Å². The van der Waals surface area contributed by atoms with Crippen molar-refractivity contribution in [1.29, 1.82) is 0 Å². The molecule has 24 heavy (non-hydrogen) atoms. The smallest absolute Gasteiger partial charge is 0.254 e. The lowest BCUT2D eigenvalue weighted by atomic mass is 10.1. The Morgan fingerprint density at radius 2 is 2.08 bits per heavy atom. The number of nitrogens with zero attached hydrogens (tertiary/aromatic N) is 2. The molecule has 0 unspecified atom stereocenters. The maximum Gasteiger partial charge on any atom is 0.254 e. The van der Waals surface area contributed by atoms with Gasteiger partial charge in [0.1, 0.15) is 12.4 Å². The van der Waals surface area contributed by atoms with Crippen molar-refractivity contribution in [2.75, 3.05) is 46.4 Å². The molecule has 1 aliphatic heterocycles. The summed E-state index contributed by atoms with van der Waals surface area (Å²) in [4.78, 5) is 27.7. The standard InChI is InChI=1S/C18H27N3O3/c1-14(2)20(3)18(23)17-12-16(5-4-15(17)13-22)24-11-10-21-8-6-19-7-9-21/h4-5,12-14,19H,6-11H2,1-3H3. The van der Waals surface area contributed by atoms with Crippen LogP contribution in [0.5, 0.6) is 5.75 Å². The summed E-state index contributed by atoms with van der Waals surface area (Å²) in [6.45, 7) is 9.36. The minimum Gasteiger partial charge on any atom is -0.492 e. The number of ether oxygens (including phenoxy) is 1. The predicted molar refractivity (Wildman–Crippen MR) is 93.9 cm³/mol. The van der Waals surface area contributed by atoms with E-state index in [-0.39, 0.29) is 11.9 Å². The van der Waals surface area contributed by atoms with Crippen LogP contribution in [-0.2, 0) is 0 Å². The molecule has 0 spiro atoms. The lowest BCUT2D eigenvalue weighted by Gasteiger charge is -2.27. The third-order valence-corrected chi connectivity index (χ3v) is 4.36. The average Bonchev–Trinajstić information content (AvgIpc) is 2.61. The molecule has 1 amide bonds. The zero-order valence-corrected chi connectivity index (χ0v) is 14.7. The summed E-state index contributed by atoms with van der Waals surface area (Å²) in [7, 11) is 1.74. The second kappa shape index (κ2) is 8.80. The van der Waals surface area contributed by atoms with E-state index in [1.54, 1.807) is 30.1 Å². The molecule has 2 rings (SSSR count). The monoisotopic (exact) mass is 333 g/mol. The Morgan fingerprint density at radius 1 is 1.38 bits per heavy atom. The van der Waals surface area contributed by atoms with Crippen LogP contribution in [0.1, 0.15) is 34.6 Å². The van der Waals surface area contributed by atoms with E-state index < -0.39 is 0 Å². The first-order valence-corrected chi connectivity index (χ1v) is 8.45. The Labute approximate surface area is 143 Å². The fraction of sp³-hybridized carbons (Fsp3) is 0.556. The van der Waals surface area contributed by atoms with Gasteiger partial charge < -0.3 is 15.0 Å². The van der Waals surface area contributed by atoms with Crippen molar-refractivity contribution in [3.8, 4) is 5.75 Å². The predicted octanol–water partition coefficient (Wildman–Crippen LogP) is 1.26. The molecule has 0 radical (unpaired) electrons. The molecule has 1 aromatic carbocycles. The molecular weight excluding hydrogens is 306 g/mol. The fourth-order valence-electron chi connectivity index (χ4n) is 2.57. The average molecular weight is 333 g/mol. The molecule has 1 heterocycles. The van der Waals surface area contributed by atoms with Crippen molar-refractivity contribution in [2.45, 2.75) is 19.9 Å². The van der Waals surface area contributed by atoms with Gasteiger partial charge in [-0.2, -0.15) is 0 Å². The van der Waals surface area contributed by atoms with Gasteiger partial charge in [-0.1, -0.05) is 0 Å². The minimum absolute atomic E-state index is 0.0642. The number of carbonyl (C=O) groups is 2. The largest absolute Gasteiger partial charge is 0.492 e. The number of amides is 1. The van der Waals surface area contributed by atoms with Crippen molar-refractivity contribution in [3.05, 3.63) is 29.3 Å². The highest BCUT2D eigenvalue weighted by Gasteiger charge is 2.19. The summed E-state index contributed by atoms with van der Waals surface area (Å²) in [6, 6.07) is 5.12. The second-order valence-corrected chi connectivity index (χ2v) is 6.32. The van der Waals surface area contributed by atoms with Crippen LogP contribution < -0.4 is 10.1 Å². The summed E-state index contributed by atoms with van der Waals surface area (Å²) in [5, 5.41) is 3.32. The SMILES string of the molecule is CC(C)N(C)C(=O)c1cc(OCCN2CCNCC2)ccc1C=O. The number of nitrogens with one attached hydrogen (secondary N) is 1. The number of hydrogen-bond acceptors (Lipinski definition) is 5. The van der Waals surface area contributed by atoms with E-state index in [0.717, 1.165) is 32.7 Å². The van der Waals surface area contributed by atoms with Gasteiger partial charge in [0.05, 0.1) is 5.56 Å². The van der Waals surface area contributed by atoms with Gasteiger partial charge in [-0.3, -0.25) is 14.5 Å². The molecule has 6 heteroatoms. The summed E-state index contributed by atoms with van der Waals surface area (Å²) in [5.74, 6) is 0.455. The maximum absolute atomic E-state index is 12.5. The number of rotatable bonds is 7. The zero-order valence-electron chi connectivity index (χ0n) is 14.7. The van der Waals surface area contributed by atoms with E-state index in [9.17, 15) is 9.59 Å². The lowest BCUT2D eigenvalue weighted by molar-refractivity contribution is 0.0751. The second-order valence-electron chi connectivity index (χ2n) is 6.32. The Bertz CT molecular complexity index is 569. The normalized spacial score (nSPS) is 15.3. The van der Waals surface area contributed by atoms with Gasteiger partial charge in [0, 0.05) is 51.4 Å². The highest BCUT2D eigenvalue weighted by Crippen LogP contribution is 2.19. The third kappa shape index (κ3) is 4.79. The highest BCUT2D eigenvalue weighted by molar-refractivity contribution is 6.01. The number of carbonyl (C=O) groups excluding carboxylic acids is 2. The van der Waals surface area contributed by atoms with Gasteiger partial charge in [0.2, 0.25) is 0 Å². The lowest BCUT2D eigenvalue weighted by Crippen LogP contribution is -2.44. The van der Waals surface area contributed by atoms with Crippen LogP contribution in [0.15, 0.2) is 18.2 Å². The molecule has 0 saturated carbocycles. The van der Waals surface area contributed by atoms with Crippen LogP contribution in [-0.4, -0.2) is 74.4 Å². The van der Waals surface area contributed by atoms with E-state index in [0.29, 0.717) is 29.8 Å². The Kier molecular flexibility index (Phi) is 6.75. The molecule has 6 nitrogen and oxygen atoms in total. The topological polar surface area (TPSA) is 61.9 Å². The van der Waals surface area contributed by atoms with Crippen molar-refractivity contribution in [1.82, 2.24) is 15.1 Å². The molecule has 0 aliphatic carbocycles. The van der Waals surface area contributed by atoms with Gasteiger partial charge >= 0.3 is 0 Å². The summed E-state index contributed by atoms with van der Waals surface area (Å²) < 4.78 is 5.79. The van der Waals surface area contributed by atoms with E-state index in [1.807, 2.05) is 13.8 Å². The van der Waals surface area contributed by atoms with Gasteiger partial charge in [-0.15, -0.1) is 0 Å². The van der Waals surface area contributed by atoms with Crippen LogP contribution in [0.3, 0.4) is 0 Å². The quantitative estimate of drug-likeness (QED) is 0.761.